The Hall–Kier alpha value is -3.39. The molecule has 8 heteroatoms. The van der Waals surface area contributed by atoms with Gasteiger partial charge in [0, 0.05) is 17.3 Å². The lowest BCUT2D eigenvalue weighted by Crippen LogP contribution is -2.12. The number of carbonyl (C=O) groups is 1. The van der Waals surface area contributed by atoms with E-state index in [0.717, 1.165) is 28.8 Å². The van der Waals surface area contributed by atoms with Crippen molar-refractivity contribution in [1.29, 1.82) is 0 Å². The molecular weight excluding hydrogens is 401 g/mol. The average Bonchev–Trinajstić information content (AvgIpc) is 3.40. The largest absolute Gasteiger partial charge is 0.416 e. The fourth-order valence-corrected chi connectivity index (χ4v) is 3.44. The summed E-state index contributed by atoms with van der Waals surface area (Å²) in [7, 11) is 0. The number of thiophene rings is 1. The first-order valence-corrected chi connectivity index (χ1v) is 9.43. The Kier molecular flexibility index (Phi) is 4.94. The predicted octanol–water partition coefficient (Wildman–Crippen LogP) is 6.34. The second-order valence-corrected chi connectivity index (χ2v) is 6.98. The Bertz CT molecular complexity index is 1150. The van der Waals surface area contributed by atoms with Crippen molar-refractivity contribution in [2.24, 2.45) is 0 Å². The van der Waals surface area contributed by atoms with Crippen molar-refractivity contribution in [2.45, 2.75) is 6.18 Å². The van der Waals surface area contributed by atoms with E-state index in [0.29, 0.717) is 5.69 Å². The Labute approximate surface area is 167 Å². The van der Waals surface area contributed by atoms with Crippen molar-refractivity contribution < 1.29 is 22.5 Å². The van der Waals surface area contributed by atoms with Crippen LogP contribution < -0.4 is 5.32 Å². The summed E-state index contributed by atoms with van der Waals surface area (Å²) in [6, 6.07) is 15.4. The van der Waals surface area contributed by atoms with Gasteiger partial charge in [-0.3, -0.25) is 4.79 Å². The van der Waals surface area contributed by atoms with Crippen LogP contribution in [0.1, 0.15) is 16.1 Å². The van der Waals surface area contributed by atoms with Crippen molar-refractivity contribution in [3.63, 3.8) is 0 Å². The fraction of sp³-hybridized carbons (Fsp3) is 0.0476. The van der Waals surface area contributed by atoms with E-state index in [-0.39, 0.29) is 11.4 Å². The minimum Gasteiger partial charge on any atom is -0.350 e. The van der Waals surface area contributed by atoms with Gasteiger partial charge in [-0.1, -0.05) is 29.4 Å². The van der Waals surface area contributed by atoms with Gasteiger partial charge in [-0.25, -0.2) is 0 Å². The van der Waals surface area contributed by atoms with Crippen molar-refractivity contribution in [2.75, 3.05) is 5.32 Å². The van der Waals surface area contributed by atoms with Crippen LogP contribution in [0.2, 0.25) is 0 Å². The highest BCUT2D eigenvalue weighted by Crippen LogP contribution is 2.31. The number of halogens is 3. The van der Waals surface area contributed by atoms with Crippen LogP contribution >= 0.6 is 11.3 Å². The number of amides is 1. The average molecular weight is 414 g/mol. The molecule has 1 N–H and O–H groups in total. The van der Waals surface area contributed by atoms with Crippen LogP contribution in [0.15, 0.2) is 75.9 Å². The van der Waals surface area contributed by atoms with Gasteiger partial charge in [0.2, 0.25) is 5.76 Å². The van der Waals surface area contributed by atoms with Gasteiger partial charge in [0.05, 0.1) is 5.56 Å². The number of alkyl halides is 3. The number of rotatable bonds is 4. The summed E-state index contributed by atoms with van der Waals surface area (Å²) in [5.74, 6) is -0.782. The normalized spacial score (nSPS) is 11.4. The zero-order valence-corrected chi connectivity index (χ0v) is 15.6. The minimum atomic E-state index is -4.49. The molecule has 2 aromatic heterocycles. The van der Waals surface area contributed by atoms with Crippen molar-refractivity contribution in [1.82, 2.24) is 5.16 Å². The van der Waals surface area contributed by atoms with Gasteiger partial charge in [-0.05, 0) is 52.2 Å². The first-order chi connectivity index (χ1) is 13.9. The Morgan fingerprint density at radius 2 is 1.76 bits per heavy atom. The smallest absolute Gasteiger partial charge is 0.350 e. The number of nitrogens with zero attached hydrogens (tertiary/aromatic N) is 1. The quantitative estimate of drug-likeness (QED) is 0.424. The molecule has 2 heterocycles. The van der Waals surface area contributed by atoms with E-state index < -0.39 is 17.6 Å². The maximum Gasteiger partial charge on any atom is 0.416 e. The molecule has 1 amide bonds. The number of benzene rings is 2. The number of nitrogens with one attached hydrogen (secondary N) is 1. The van der Waals surface area contributed by atoms with Gasteiger partial charge in [0.25, 0.3) is 5.91 Å². The number of carbonyl (C=O) groups excluding carboxylic acids is 1. The summed E-state index contributed by atoms with van der Waals surface area (Å²) in [4.78, 5) is 12.3. The molecule has 4 nitrogen and oxygen atoms in total. The molecular formula is C21H13F3N2O2S. The summed E-state index contributed by atoms with van der Waals surface area (Å²) >= 11 is 1.59. The van der Waals surface area contributed by atoms with Gasteiger partial charge >= 0.3 is 6.18 Å². The third-order valence-corrected chi connectivity index (χ3v) is 4.88. The highest BCUT2D eigenvalue weighted by atomic mass is 32.1. The standard InChI is InChI=1S/C21H13F3N2O2S/c22-21(23,24)16-5-2-6-17(10-16)25-20(27)19-11-18(26-28-19)14-4-1-3-13(9-14)15-7-8-29-12-15/h1-12H,(H,25,27). The van der Waals surface area contributed by atoms with Crippen LogP contribution in [0.5, 0.6) is 0 Å². The maximum atomic E-state index is 12.8. The molecule has 0 aliphatic heterocycles. The SMILES string of the molecule is O=C(Nc1cccc(C(F)(F)F)c1)c1cc(-c2cccc(-c3ccsc3)c2)no1. The van der Waals surface area contributed by atoms with Crippen molar-refractivity contribution >= 4 is 22.9 Å². The second kappa shape index (κ2) is 7.56. The molecule has 0 atom stereocenters. The second-order valence-electron chi connectivity index (χ2n) is 6.20. The van der Waals surface area contributed by atoms with E-state index in [1.807, 2.05) is 41.1 Å². The minimum absolute atomic E-state index is 0.0160. The highest BCUT2D eigenvalue weighted by molar-refractivity contribution is 7.08. The third-order valence-electron chi connectivity index (χ3n) is 4.19. The molecule has 0 aliphatic rings. The molecule has 146 valence electrons. The Morgan fingerprint density at radius 1 is 0.966 bits per heavy atom. The first kappa shape index (κ1) is 18.9. The van der Waals surface area contributed by atoms with Crippen LogP contribution in [0.3, 0.4) is 0 Å². The molecule has 29 heavy (non-hydrogen) atoms. The van der Waals surface area contributed by atoms with Crippen LogP contribution in [0, 0.1) is 0 Å². The molecule has 0 spiro atoms. The Morgan fingerprint density at radius 3 is 2.52 bits per heavy atom. The zero-order chi connectivity index (χ0) is 20.4. The summed E-state index contributed by atoms with van der Waals surface area (Å²) in [6.45, 7) is 0. The lowest BCUT2D eigenvalue weighted by molar-refractivity contribution is -0.137. The summed E-state index contributed by atoms with van der Waals surface area (Å²) in [5, 5.41) is 10.3. The molecule has 0 fully saturated rings. The number of aromatic nitrogens is 1. The lowest BCUT2D eigenvalue weighted by atomic mass is 10.0. The lowest BCUT2D eigenvalue weighted by Gasteiger charge is -2.08. The van der Waals surface area contributed by atoms with E-state index in [1.54, 1.807) is 11.3 Å². The molecule has 0 aliphatic carbocycles. The van der Waals surface area contributed by atoms with Crippen LogP contribution in [0.25, 0.3) is 22.4 Å². The molecule has 0 saturated heterocycles. The summed E-state index contributed by atoms with van der Waals surface area (Å²) in [5.41, 5.74) is 2.46. The molecule has 2 aromatic carbocycles. The van der Waals surface area contributed by atoms with Crippen molar-refractivity contribution in [3.8, 4) is 22.4 Å². The van der Waals surface area contributed by atoms with Gasteiger partial charge in [-0.2, -0.15) is 24.5 Å². The van der Waals surface area contributed by atoms with Gasteiger partial charge in [0.1, 0.15) is 5.69 Å². The van der Waals surface area contributed by atoms with E-state index in [2.05, 4.69) is 10.5 Å². The first-order valence-electron chi connectivity index (χ1n) is 8.48. The molecule has 4 aromatic rings. The molecule has 0 radical (unpaired) electrons. The van der Waals surface area contributed by atoms with Crippen LogP contribution in [-0.2, 0) is 6.18 Å². The summed E-state index contributed by atoms with van der Waals surface area (Å²) in [6.07, 6.45) is -4.49. The van der Waals surface area contributed by atoms with Gasteiger partial charge in [0.15, 0.2) is 0 Å². The number of hydrogen-bond acceptors (Lipinski definition) is 4. The third kappa shape index (κ3) is 4.22. The maximum absolute atomic E-state index is 12.8. The van der Waals surface area contributed by atoms with Crippen LogP contribution in [-0.4, -0.2) is 11.1 Å². The Balaban J connectivity index is 1.54. The van der Waals surface area contributed by atoms with E-state index in [4.69, 9.17) is 4.52 Å². The molecule has 4 rings (SSSR count). The van der Waals surface area contributed by atoms with E-state index >= 15 is 0 Å². The van der Waals surface area contributed by atoms with Gasteiger partial charge in [-0.15, -0.1) is 0 Å². The topological polar surface area (TPSA) is 55.1 Å². The monoisotopic (exact) mass is 414 g/mol. The van der Waals surface area contributed by atoms with Crippen LogP contribution in [0.4, 0.5) is 18.9 Å². The molecule has 0 saturated carbocycles. The van der Waals surface area contributed by atoms with Gasteiger partial charge < -0.3 is 9.84 Å². The predicted molar refractivity (Wildman–Crippen MR) is 105 cm³/mol. The number of hydrogen-bond donors (Lipinski definition) is 1. The molecule has 0 unspecified atom stereocenters. The van der Waals surface area contributed by atoms with E-state index in [9.17, 15) is 18.0 Å². The fourth-order valence-electron chi connectivity index (χ4n) is 2.77. The number of anilines is 1. The zero-order valence-electron chi connectivity index (χ0n) is 14.7. The highest BCUT2D eigenvalue weighted by Gasteiger charge is 2.30. The summed E-state index contributed by atoms with van der Waals surface area (Å²) < 4.78 is 43.5. The van der Waals surface area contributed by atoms with E-state index in [1.165, 1.54) is 18.2 Å². The van der Waals surface area contributed by atoms with Crippen molar-refractivity contribution in [3.05, 3.63) is 82.7 Å². The molecule has 0 bridgehead atoms.